The molecule has 1 aromatic carbocycles. The first-order valence-electron chi connectivity index (χ1n) is 7.64. The van der Waals surface area contributed by atoms with Crippen molar-refractivity contribution in [2.45, 2.75) is 24.9 Å². The van der Waals surface area contributed by atoms with E-state index in [4.69, 9.17) is 11.6 Å². The van der Waals surface area contributed by atoms with Gasteiger partial charge in [0.2, 0.25) is 5.96 Å². The molecule has 1 saturated heterocycles. The van der Waals surface area contributed by atoms with E-state index < -0.39 is 11.4 Å². The molecule has 0 unspecified atom stereocenters. The third-order valence-corrected chi connectivity index (χ3v) is 4.77. The SMILES string of the molecule is CN(C)C1=NC2(CCN(Cc3ccc(Cl)c(F)c3)CC2)C(=O)N1. The number of hydrogen-bond donors (Lipinski definition) is 1. The van der Waals surface area contributed by atoms with Crippen LogP contribution in [0.3, 0.4) is 0 Å². The van der Waals surface area contributed by atoms with Crippen LogP contribution in [0.5, 0.6) is 0 Å². The molecule has 7 heteroatoms. The number of nitrogens with zero attached hydrogens (tertiary/aromatic N) is 3. The van der Waals surface area contributed by atoms with E-state index in [1.165, 1.54) is 6.07 Å². The molecule has 0 bridgehead atoms. The Kier molecular flexibility index (Phi) is 4.29. The molecule has 2 heterocycles. The smallest absolute Gasteiger partial charge is 0.254 e. The molecule has 124 valence electrons. The summed E-state index contributed by atoms with van der Waals surface area (Å²) in [7, 11) is 3.73. The molecule has 0 saturated carbocycles. The number of guanidine groups is 1. The quantitative estimate of drug-likeness (QED) is 0.895. The van der Waals surface area contributed by atoms with Gasteiger partial charge < -0.3 is 4.90 Å². The van der Waals surface area contributed by atoms with Crippen LogP contribution in [0.4, 0.5) is 4.39 Å². The largest absolute Gasteiger partial charge is 0.349 e. The minimum atomic E-state index is -0.638. The van der Waals surface area contributed by atoms with Gasteiger partial charge in [-0.2, -0.15) is 0 Å². The Balaban J connectivity index is 1.64. The highest BCUT2D eigenvalue weighted by molar-refractivity contribution is 6.30. The first kappa shape index (κ1) is 16.2. The molecule has 1 fully saturated rings. The van der Waals surface area contributed by atoms with Gasteiger partial charge in [-0.15, -0.1) is 0 Å². The molecule has 0 atom stereocenters. The molecule has 2 aliphatic heterocycles. The molecule has 1 spiro atoms. The van der Waals surface area contributed by atoms with Gasteiger partial charge in [-0.25, -0.2) is 9.38 Å². The summed E-state index contributed by atoms with van der Waals surface area (Å²) in [5.41, 5.74) is 0.248. The highest BCUT2D eigenvalue weighted by atomic mass is 35.5. The second kappa shape index (κ2) is 6.09. The van der Waals surface area contributed by atoms with Gasteiger partial charge in [0.05, 0.1) is 5.02 Å². The van der Waals surface area contributed by atoms with E-state index >= 15 is 0 Å². The summed E-state index contributed by atoms with van der Waals surface area (Å²) in [6.07, 6.45) is 1.35. The van der Waals surface area contributed by atoms with Crippen molar-refractivity contribution in [3.63, 3.8) is 0 Å². The van der Waals surface area contributed by atoms with E-state index in [2.05, 4.69) is 15.2 Å². The standard InChI is InChI=1S/C16H20ClFN4O/c1-21(2)15-19-14(23)16(20-15)5-7-22(8-6-16)10-11-3-4-12(17)13(18)9-11/h3-4,9H,5-8,10H2,1-2H3,(H,19,20,23). The zero-order chi connectivity index (χ0) is 16.6. The van der Waals surface area contributed by atoms with Gasteiger partial charge in [0.25, 0.3) is 5.91 Å². The summed E-state index contributed by atoms with van der Waals surface area (Å²) in [6, 6.07) is 4.88. The number of piperidine rings is 1. The molecule has 1 amide bonds. The fourth-order valence-corrected chi connectivity index (χ4v) is 3.14. The maximum atomic E-state index is 13.5. The predicted octanol–water partition coefficient (Wildman–Crippen LogP) is 1.86. The van der Waals surface area contributed by atoms with E-state index in [9.17, 15) is 9.18 Å². The van der Waals surface area contributed by atoms with E-state index in [1.807, 2.05) is 25.1 Å². The van der Waals surface area contributed by atoms with Crippen LogP contribution in [0.1, 0.15) is 18.4 Å². The summed E-state index contributed by atoms with van der Waals surface area (Å²) in [6.45, 7) is 2.15. The Morgan fingerprint density at radius 2 is 2.09 bits per heavy atom. The van der Waals surface area contributed by atoms with Gasteiger partial charge >= 0.3 is 0 Å². The molecule has 0 radical (unpaired) electrons. The zero-order valence-electron chi connectivity index (χ0n) is 13.3. The Morgan fingerprint density at radius 1 is 1.39 bits per heavy atom. The first-order chi connectivity index (χ1) is 10.9. The zero-order valence-corrected chi connectivity index (χ0v) is 14.0. The van der Waals surface area contributed by atoms with Crippen LogP contribution in [0.25, 0.3) is 0 Å². The van der Waals surface area contributed by atoms with E-state index in [0.29, 0.717) is 25.3 Å². The number of carbonyl (C=O) groups excluding carboxylic acids is 1. The lowest BCUT2D eigenvalue weighted by Crippen LogP contribution is -2.49. The van der Waals surface area contributed by atoms with Crippen molar-refractivity contribution in [1.82, 2.24) is 15.1 Å². The lowest BCUT2D eigenvalue weighted by Gasteiger charge is -2.35. The van der Waals surface area contributed by atoms with Crippen molar-refractivity contribution < 1.29 is 9.18 Å². The number of hydrogen-bond acceptors (Lipinski definition) is 4. The topological polar surface area (TPSA) is 47.9 Å². The number of nitrogens with one attached hydrogen (secondary N) is 1. The average molecular weight is 339 g/mol. The summed E-state index contributed by atoms with van der Waals surface area (Å²) in [5, 5.41) is 2.98. The number of amides is 1. The number of rotatable bonds is 2. The highest BCUT2D eigenvalue weighted by Crippen LogP contribution is 2.31. The lowest BCUT2D eigenvalue weighted by molar-refractivity contribution is -0.125. The summed E-state index contributed by atoms with van der Waals surface area (Å²) >= 11 is 5.71. The Labute approximate surface area is 140 Å². The van der Waals surface area contributed by atoms with E-state index in [-0.39, 0.29) is 10.9 Å². The number of aliphatic imine (C=N–C) groups is 1. The molecule has 3 rings (SSSR count). The van der Waals surface area contributed by atoms with Crippen molar-refractivity contribution in [3.8, 4) is 0 Å². The normalized spacial score (nSPS) is 20.5. The average Bonchev–Trinajstić information content (AvgIpc) is 2.83. The molecule has 2 aliphatic rings. The predicted molar refractivity (Wildman–Crippen MR) is 87.9 cm³/mol. The number of likely N-dealkylation sites (tertiary alicyclic amines) is 1. The second-order valence-corrected chi connectivity index (χ2v) is 6.75. The lowest BCUT2D eigenvalue weighted by atomic mass is 9.88. The van der Waals surface area contributed by atoms with Crippen LogP contribution < -0.4 is 5.32 Å². The number of carbonyl (C=O) groups is 1. The van der Waals surface area contributed by atoms with Gasteiger partial charge in [-0.05, 0) is 30.5 Å². The van der Waals surface area contributed by atoms with Gasteiger partial charge in [-0.1, -0.05) is 17.7 Å². The third-order valence-electron chi connectivity index (χ3n) is 4.46. The van der Waals surface area contributed by atoms with Crippen LogP contribution in [-0.4, -0.2) is 54.4 Å². The number of benzene rings is 1. The van der Waals surface area contributed by atoms with Gasteiger partial charge in [0, 0.05) is 33.7 Å². The Hall–Kier alpha value is -1.66. The fraction of sp³-hybridized carbons (Fsp3) is 0.500. The van der Waals surface area contributed by atoms with Crippen molar-refractivity contribution in [1.29, 1.82) is 0 Å². The molecule has 1 aromatic rings. The van der Waals surface area contributed by atoms with Crippen molar-refractivity contribution in [3.05, 3.63) is 34.6 Å². The van der Waals surface area contributed by atoms with E-state index in [0.717, 1.165) is 18.7 Å². The van der Waals surface area contributed by atoms with Gasteiger partial charge in [-0.3, -0.25) is 15.0 Å². The second-order valence-electron chi connectivity index (χ2n) is 6.34. The monoisotopic (exact) mass is 338 g/mol. The molecular formula is C16H20ClFN4O. The van der Waals surface area contributed by atoms with Crippen molar-refractivity contribution in [2.24, 2.45) is 4.99 Å². The molecule has 1 N–H and O–H groups in total. The van der Waals surface area contributed by atoms with E-state index in [1.54, 1.807) is 6.07 Å². The molecule has 23 heavy (non-hydrogen) atoms. The van der Waals surface area contributed by atoms with Crippen LogP contribution in [0, 0.1) is 5.82 Å². The molecule has 5 nitrogen and oxygen atoms in total. The Morgan fingerprint density at radius 3 is 2.65 bits per heavy atom. The Bertz CT molecular complexity index is 653. The third kappa shape index (κ3) is 3.19. The van der Waals surface area contributed by atoms with Crippen LogP contribution in [-0.2, 0) is 11.3 Å². The van der Waals surface area contributed by atoms with Crippen LogP contribution in [0.2, 0.25) is 5.02 Å². The molecule has 0 aliphatic carbocycles. The minimum absolute atomic E-state index is 0.0154. The van der Waals surface area contributed by atoms with Gasteiger partial charge in [0.15, 0.2) is 0 Å². The van der Waals surface area contributed by atoms with Crippen molar-refractivity contribution in [2.75, 3.05) is 27.2 Å². The summed E-state index contributed by atoms with van der Waals surface area (Å²) in [4.78, 5) is 20.9. The molecule has 0 aromatic heterocycles. The van der Waals surface area contributed by atoms with Crippen molar-refractivity contribution >= 4 is 23.5 Å². The maximum Gasteiger partial charge on any atom is 0.254 e. The summed E-state index contributed by atoms with van der Waals surface area (Å²) < 4.78 is 13.5. The van der Waals surface area contributed by atoms with Crippen LogP contribution in [0.15, 0.2) is 23.2 Å². The van der Waals surface area contributed by atoms with Crippen LogP contribution >= 0.6 is 11.6 Å². The minimum Gasteiger partial charge on any atom is -0.349 e. The first-order valence-corrected chi connectivity index (χ1v) is 8.02. The molecular weight excluding hydrogens is 319 g/mol. The maximum absolute atomic E-state index is 13.5. The van der Waals surface area contributed by atoms with Gasteiger partial charge in [0.1, 0.15) is 11.4 Å². The fourth-order valence-electron chi connectivity index (χ4n) is 3.03. The highest BCUT2D eigenvalue weighted by Gasteiger charge is 2.46. The number of halogens is 2. The summed E-state index contributed by atoms with van der Waals surface area (Å²) in [5.74, 6) is 0.217.